The summed E-state index contributed by atoms with van der Waals surface area (Å²) in [6, 6.07) is 14.1. The van der Waals surface area contributed by atoms with Gasteiger partial charge in [-0.25, -0.2) is 18.9 Å². The second-order valence-corrected chi connectivity index (χ2v) is 8.87. The van der Waals surface area contributed by atoms with Gasteiger partial charge in [0.05, 0.1) is 16.8 Å². The molecule has 0 spiro atoms. The summed E-state index contributed by atoms with van der Waals surface area (Å²) in [6.45, 7) is 3.18. The number of pyridine rings is 1. The molecule has 0 saturated heterocycles. The van der Waals surface area contributed by atoms with Gasteiger partial charge in [0.2, 0.25) is 0 Å². The number of hydrogen-bond acceptors (Lipinski definition) is 6. The monoisotopic (exact) mass is 498 g/mol. The Labute approximate surface area is 204 Å². The summed E-state index contributed by atoms with van der Waals surface area (Å²) in [7, 11) is 0. The molecular weight excluding hydrogens is 479 g/mol. The lowest BCUT2D eigenvalue weighted by Gasteiger charge is -2.18. The Kier molecular flexibility index (Phi) is 7.04. The van der Waals surface area contributed by atoms with Crippen LogP contribution in [0.2, 0.25) is 5.02 Å². The van der Waals surface area contributed by atoms with Gasteiger partial charge in [0.15, 0.2) is 18.1 Å². The minimum atomic E-state index is -0.835. The number of carbonyl (C=O) groups is 2. The van der Waals surface area contributed by atoms with E-state index in [1.807, 2.05) is 37.4 Å². The minimum absolute atomic E-state index is 0.0958. The molecule has 0 bridgehead atoms. The smallest absolute Gasteiger partial charge is 0.359 e. The van der Waals surface area contributed by atoms with Gasteiger partial charge >= 0.3 is 5.97 Å². The van der Waals surface area contributed by atoms with Crippen LogP contribution in [0, 0.1) is 19.7 Å². The van der Waals surface area contributed by atoms with Gasteiger partial charge in [-0.2, -0.15) is 5.10 Å². The molecule has 1 unspecified atom stereocenters. The zero-order valence-electron chi connectivity index (χ0n) is 18.3. The largest absolute Gasteiger partial charge is 0.451 e. The van der Waals surface area contributed by atoms with E-state index in [0.717, 1.165) is 16.3 Å². The van der Waals surface area contributed by atoms with Crippen molar-refractivity contribution >= 4 is 34.8 Å². The van der Waals surface area contributed by atoms with Crippen molar-refractivity contribution in [2.24, 2.45) is 0 Å². The van der Waals surface area contributed by atoms with Gasteiger partial charge in [-0.1, -0.05) is 29.8 Å². The first kappa shape index (κ1) is 23.6. The molecule has 0 fully saturated rings. The molecule has 1 aromatic carbocycles. The Morgan fingerprint density at radius 1 is 1.18 bits per heavy atom. The van der Waals surface area contributed by atoms with E-state index in [1.165, 1.54) is 29.5 Å². The summed E-state index contributed by atoms with van der Waals surface area (Å²) in [5.41, 5.74) is 2.22. The highest BCUT2D eigenvalue weighted by molar-refractivity contribution is 7.10. The second-order valence-electron chi connectivity index (χ2n) is 7.48. The van der Waals surface area contributed by atoms with E-state index in [-0.39, 0.29) is 16.5 Å². The van der Waals surface area contributed by atoms with Gasteiger partial charge in [-0.15, -0.1) is 11.3 Å². The number of halogens is 2. The number of carbonyl (C=O) groups excluding carboxylic acids is 2. The van der Waals surface area contributed by atoms with E-state index in [0.29, 0.717) is 11.4 Å². The number of nitrogens with zero attached hydrogens (tertiary/aromatic N) is 3. The molecule has 1 atom stereocenters. The van der Waals surface area contributed by atoms with Crippen LogP contribution in [-0.2, 0) is 9.53 Å². The molecule has 1 amide bonds. The van der Waals surface area contributed by atoms with E-state index < -0.39 is 24.5 Å². The molecule has 174 valence electrons. The molecule has 4 aromatic rings. The summed E-state index contributed by atoms with van der Waals surface area (Å²) in [5.74, 6) is -1.33. The fourth-order valence-electron chi connectivity index (χ4n) is 3.39. The third kappa shape index (κ3) is 5.32. The third-order valence-electron chi connectivity index (χ3n) is 4.92. The number of ether oxygens (including phenoxy) is 1. The summed E-state index contributed by atoms with van der Waals surface area (Å²) in [5, 5.41) is 9.15. The molecule has 0 saturated carbocycles. The molecule has 0 radical (unpaired) electrons. The zero-order valence-corrected chi connectivity index (χ0v) is 19.9. The first-order chi connectivity index (χ1) is 16.3. The molecule has 4 rings (SSSR count). The average molecular weight is 499 g/mol. The number of benzene rings is 1. The number of nitrogens with one attached hydrogen (secondary N) is 1. The Morgan fingerprint density at radius 2 is 1.94 bits per heavy atom. The van der Waals surface area contributed by atoms with Gasteiger partial charge in [0.25, 0.3) is 5.91 Å². The van der Waals surface area contributed by atoms with Crippen LogP contribution in [0.25, 0.3) is 5.82 Å². The highest BCUT2D eigenvalue weighted by atomic mass is 35.5. The molecule has 3 heterocycles. The lowest BCUT2D eigenvalue weighted by atomic mass is 10.1. The van der Waals surface area contributed by atoms with Gasteiger partial charge in [0.1, 0.15) is 5.82 Å². The van der Waals surface area contributed by atoms with Gasteiger partial charge < -0.3 is 10.1 Å². The zero-order chi connectivity index (χ0) is 24.2. The number of hydrogen-bond donors (Lipinski definition) is 1. The van der Waals surface area contributed by atoms with Crippen LogP contribution in [0.1, 0.15) is 38.4 Å². The Morgan fingerprint density at radius 3 is 2.59 bits per heavy atom. The van der Waals surface area contributed by atoms with E-state index in [1.54, 1.807) is 22.9 Å². The topological polar surface area (TPSA) is 86.1 Å². The van der Waals surface area contributed by atoms with E-state index in [9.17, 15) is 14.0 Å². The van der Waals surface area contributed by atoms with Crippen molar-refractivity contribution < 1.29 is 18.7 Å². The highest BCUT2D eigenvalue weighted by Gasteiger charge is 2.21. The quantitative estimate of drug-likeness (QED) is 0.370. The number of thiophene rings is 1. The van der Waals surface area contributed by atoms with Gasteiger partial charge in [-0.05, 0) is 61.2 Å². The van der Waals surface area contributed by atoms with Crippen LogP contribution in [0.4, 0.5) is 4.39 Å². The molecule has 0 aliphatic rings. The normalized spacial score (nSPS) is 11.8. The minimum Gasteiger partial charge on any atom is -0.451 e. The van der Waals surface area contributed by atoms with Crippen molar-refractivity contribution in [1.29, 1.82) is 0 Å². The first-order valence-corrected chi connectivity index (χ1v) is 11.5. The molecule has 3 aromatic heterocycles. The predicted molar refractivity (Wildman–Crippen MR) is 127 cm³/mol. The molecule has 34 heavy (non-hydrogen) atoms. The Balaban J connectivity index is 1.46. The van der Waals surface area contributed by atoms with Crippen molar-refractivity contribution in [3.63, 3.8) is 0 Å². The van der Waals surface area contributed by atoms with Gasteiger partial charge in [0, 0.05) is 10.6 Å². The van der Waals surface area contributed by atoms with Crippen LogP contribution < -0.4 is 5.32 Å². The average Bonchev–Trinajstić information content (AvgIpc) is 3.46. The molecule has 10 heteroatoms. The lowest BCUT2D eigenvalue weighted by molar-refractivity contribution is -0.124. The number of esters is 1. The van der Waals surface area contributed by atoms with Crippen LogP contribution in [-0.4, -0.2) is 33.2 Å². The Bertz CT molecular complexity index is 1320. The van der Waals surface area contributed by atoms with Crippen molar-refractivity contribution in [1.82, 2.24) is 20.1 Å². The van der Waals surface area contributed by atoms with Crippen LogP contribution in [0.15, 0.2) is 60.0 Å². The standard InChI is InChI=1S/C24H20ClFN4O3S/c1-14-12-15(2)30(29-14)20-10-9-18(25)23(27-20)24(32)33-13-21(31)28-22(19-4-3-11-34-19)16-5-7-17(26)8-6-16/h3-12,22H,13H2,1-2H3,(H,28,31). The van der Waals surface area contributed by atoms with E-state index >= 15 is 0 Å². The number of rotatable bonds is 7. The van der Waals surface area contributed by atoms with Crippen LogP contribution >= 0.6 is 22.9 Å². The molecular formula is C24H20ClFN4O3S. The molecule has 1 N–H and O–H groups in total. The molecule has 0 aliphatic heterocycles. The van der Waals surface area contributed by atoms with Crippen molar-refractivity contribution in [2.45, 2.75) is 19.9 Å². The maximum absolute atomic E-state index is 13.4. The maximum Gasteiger partial charge on any atom is 0.359 e. The van der Waals surface area contributed by atoms with Crippen LogP contribution in [0.3, 0.4) is 0 Å². The van der Waals surface area contributed by atoms with E-state index in [2.05, 4.69) is 15.4 Å². The lowest BCUT2D eigenvalue weighted by Crippen LogP contribution is -2.33. The van der Waals surface area contributed by atoms with Crippen molar-refractivity contribution in [3.05, 3.63) is 98.3 Å². The van der Waals surface area contributed by atoms with Crippen molar-refractivity contribution in [3.8, 4) is 5.82 Å². The summed E-state index contributed by atoms with van der Waals surface area (Å²) < 4.78 is 20.1. The molecule has 0 aliphatic carbocycles. The Hall–Kier alpha value is -3.56. The SMILES string of the molecule is Cc1cc(C)n(-c2ccc(Cl)c(C(=O)OCC(=O)NC(c3ccc(F)cc3)c3cccs3)n2)n1. The molecule has 7 nitrogen and oxygen atoms in total. The fourth-order valence-corrected chi connectivity index (χ4v) is 4.37. The third-order valence-corrected chi connectivity index (χ3v) is 6.16. The van der Waals surface area contributed by atoms with Crippen molar-refractivity contribution in [2.75, 3.05) is 6.61 Å². The highest BCUT2D eigenvalue weighted by Crippen LogP contribution is 2.26. The van der Waals surface area contributed by atoms with Gasteiger partial charge in [-0.3, -0.25) is 4.79 Å². The van der Waals surface area contributed by atoms with Crippen LogP contribution in [0.5, 0.6) is 0 Å². The predicted octanol–water partition coefficient (Wildman–Crippen LogP) is 4.80. The first-order valence-electron chi connectivity index (χ1n) is 10.3. The maximum atomic E-state index is 13.4. The summed E-state index contributed by atoms with van der Waals surface area (Å²) in [6.07, 6.45) is 0. The number of aryl methyl sites for hydroxylation is 2. The summed E-state index contributed by atoms with van der Waals surface area (Å²) >= 11 is 7.61. The second kappa shape index (κ2) is 10.1. The summed E-state index contributed by atoms with van der Waals surface area (Å²) in [4.78, 5) is 30.4. The fraction of sp³-hybridized carbons (Fsp3) is 0.167. The number of amides is 1. The number of aromatic nitrogens is 3. The van der Waals surface area contributed by atoms with E-state index in [4.69, 9.17) is 16.3 Å².